The maximum absolute atomic E-state index is 14.5. The molecule has 3 heterocycles. The first-order valence-corrected chi connectivity index (χ1v) is 14.0. The Bertz CT molecular complexity index is 1410. The largest absolute Gasteiger partial charge is 0.449 e. The molecule has 2 aliphatic heterocycles. The van der Waals surface area contributed by atoms with Crippen molar-refractivity contribution in [1.82, 2.24) is 29.6 Å². The van der Waals surface area contributed by atoms with Gasteiger partial charge in [-0.2, -0.15) is 13.2 Å². The number of imidazole rings is 1. The van der Waals surface area contributed by atoms with Crippen LogP contribution in [-0.4, -0.2) is 93.6 Å². The molecule has 1 fully saturated rings. The quantitative estimate of drug-likeness (QED) is 0.386. The molecule has 1 aromatic carbocycles. The number of aromatic nitrogens is 2. The fraction of sp³-hybridized carbons (Fsp3) is 0.571. The Morgan fingerprint density at radius 2 is 1.55 bits per heavy atom. The molecule has 1 unspecified atom stereocenters. The molecule has 16 heteroatoms. The molecular weight excluding hydrogens is 598 g/mol. The summed E-state index contributed by atoms with van der Waals surface area (Å²) in [5.74, 6) is -6.40. The fourth-order valence-corrected chi connectivity index (χ4v) is 5.10. The first-order chi connectivity index (χ1) is 20.4. The third-order valence-corrected chi connectivity index (χ3v) is 7.30. The number of ether oxygens (including phenoxy) is 1. The van der Waals surface area contributed by atoms with E-state index < -0.39 is 77.5 Å². The van der Waals surface area contributed by atoms with Crippen molar-refractivity contribution in [2.24, 2.45) is 0 Å². The van der Waals surface area contributed by atoms with Crippen molar-refractivity contribution in [2.75, 3.05) is 39.8 Å². The van der Waals surface area contributed by atoms with Crippen LogP contribution in [0.15, 0.2) is 12.1 Å². The Morgan fingerprint density at radius 1 is 0.932 bits per heavy atom. The average molecular weight is 633 g/mol. The molecule has 242 valence electrons. The topological polar surface area (TPSA) is 100 Å². The van der Waals surface area contributed by atoms with E-state index >= 15 is 0 Å². The number of nitrogens with one attached hydrogen (secondary N) is 1. The van der Waals surface area contributed by atoms with Gasteiger partial charge in [-0.1, -0.05) is 0 Å². The van der Waals surface area contributed by atoms with Crippen LogP contribution < -0.4 is 5.32 Å². The maximum Gasteiger partial charge on any atom is 0.449 e. The van der Waals surface area contributed by atoms with Crippen molar-refractivity contribution in [3.05, 3.63) is 52.4 Å². The number of rotatable bonds is 6. The molecule has 1 saturated heterocycles. The number of benzene rings is 1. The number of carbonyl (C=O) groups excluding carboxylic acids is 3. The zero-order chi connectivity index (χ0) is 32.6. The molecule has 4 rings (SSSR count). The number of fused-ring (bicyclic) bond motifs is 1. The SMILES string of the molecule is CN1CCN(C(=O)c2nc(C(F)(F)F)n3c2CN(C(=O)CC(Cc2cc(F)c(F)cc2F)NC(=O)OC(C)(C)C)CC3)CC1. The number of hydrogen-bond acceptors (Lipinski definition) is 6. The summed E-state index contributed by atoms with van der Waals surface area (Å²) in [6, 6.07) is -0.200. The van der Waals surface area contributed by atoms with Crippen molar-refractivity contribution in [1.29, 1.82) is 0 Å². The van der Waals surface area contributed by atoms with E-state index in [2.05, 4.69) is 10.3 Å². The molecule has 10 nitrogen and oxygen atoms in total. The van der Waals surface area contributed by atoms with E-state index in [1.165, 1.54) is 9.80 Å². The zero-order valence-corrected chi connectivity index (χ0v) is 24.7. The van der Waals surface area contributed by atoms with Crippen molar-refractivity contribution >= 4 is 17.9 Å². The van der Waals surface area contributed by atoms with Gasteiger partial charge < -0.3 is 29.3 Å². The molecule has 1 N–H and O–H groups in total. The lowest BCUT2D eigenvalue weighted by Gasteiger charge is -2.33. The van der Waals surface area contributed by atoms with Crippen LogP contribution in [0, 0.1) is 17.5 Å². The highest BCUT2D eigenvalue weighted by molar-refractivity contribution is 5.94. The minimum absolute atomic E-state index is 0.0795. The number of alkyl carbamates (subject to hydrolysis) is 1. The number of carbonyl (C=O) groups is 3. The molecule has 0 spiro atoms. The summed E-state index contributed by atoms with van der Waals surface area (Å²) in [7, 11) is 1.86. The second-order valence-electron chi connectivity index (χ2n) is 11.9. The van der Waals surface area contributed by atoms with Crippen LogP contribution in [0.5, 0.6) is 0 Å². The molecule has 1 atom stereocenters. The summed E-state index contributed by atoms with van der Waals surface area (Å²) in [5.41, 5.74) is -1.72. The molecule has 0 radical (unpaired) electrons. The first kappa shape index (κ1) is 33.1. The lowest BCUT2D eigenvalue weighted by atomic mass is 10.0. The van der Waals surface area contributed by atoms with Gasteiger partial charge in [-0.15, -0.1) is 0 Å². The highest BCUT2D eigenvalue weighted by Gasteiger charge is 2.42. The Hall–Kier alpha value is -3.82. The molecule has 44 heavy (non-hydrogen) atoms. The van der Waals surface area contributed by atoms with Crippen LogP contribution >= 0.6 is 0 Å². The third-order valence-electron chi connectivity index (χ3n) is 7.30. The van der Waals surface area contributed by atoms with E-state index in [1.54, 1.807) is 20.8 Å². The summed E-state index contributed by atoms with van der Waals surface area (Å²) in [4.78, 5) is 47.6. The Balaban J connectivity index is 1.58. The van der Waals surface area contributed by atoms with Crippen molar-refractivity contribution < 1.29 is 45.5 Å². The third kappa shape index (κ3) is 7.81. The Kier molecular flexibility index (Phi) is 9.51. The van der Waals surface area contributed by atoms with Crippen LogP contribution in [0.2, 0.25) is 0 Å². The molecule has 0 aliphatic carbocycles. The van der Waals surface area contributed by atoms with E-state index in [1.807, 2.05) is 11.9 Å². The number of piperazine rings is 1. The number of nitrogens with zero attached hydrogens (tertiary/aromatic N) is 5. The highest BCUT2D eigenvalue weighted by Crippen LogP contribution is 2.33. The van der Waals surface area contributed by atoms with Crippen LogP contribution in [0.1, 0.15) is 54.8 Å². The van der Waals surface area contributed by atoms with Gasteiger partial charge in [0.05, 0.1) is 12.2 Å². The number of hydrogen-bond donors (Lipinski definition) is 1. The fourth-order valence-electron chi connectivity index (χ4n) is 5.10. The molecule has 0 bridgehead atoms. The van der Waals surface area contributed by atoms with Crippen molar-refractivity contribution in [3.63, 3.8) is 0 Å². The van der Waals surface area contributed by atoms with Gasteiger partial charge in [0, 0.05) is 57.8 Å². The van der Waals surface area contributed by atoms with E-state index in [-0.39, 0.29) is 30.9 Å². The first-order valence-electron chi connectivity index (χ1n) is 14.0. The van der Waals surface area contributed by atoms with E-state index in [9.17, 15) is 40.7 Å². The van der Waals surface area contributed by atoms with Crippen molar-refractivity contribution in [2.45, 2.75) is 64.5 Å². The van der Waals surface area contributed by atoms with E-state index in [4.69, 9.17) is 4.74 Å². The molecule has 3 amide bonds. The predicted octanol–water partition coefficient (Wildman–Crippen LogP) is 3.58. The molecule has 2 aliphatic rings. The highest BCUT2D eigenvalue weighted by atomic mass is 19.4. The molecular formula is C28H34F6N6O4. The zero-order valence-electron chi connectivity index (χ0n) is 24.7. The second kappa shape index (κ2) is 12.7. The van der Waals surface area contributed by atoms with Crippen LogP contribution in [-0.2, 0) is 35.2 Å². The summed E-state index contributed by atoms with van der Waals surface area (Å²) < 4.78 is 89.6. The van der Waals surface area contributed by atoms with Gasteiger partial charge in [0.1, 0.15) is 11.4 Å². The smallest absolute Gasteiger partial charge is 0.444 e. The summed E-state index contributed by atoms with van der Waals surface area (Å²) in [6.07, 6.45) is -6.71. The van der Waals surface area contributed by atoms with Gasteiger partial charge in [0.15, 0.2) is 17.3 Å². The normalized spacial score (nSPS) is 16.9. The summed E-state index contributed by atoms with van der Waals surface area (Å²) in [5, 5.41) is 2.45. The van der Waals surface area contributed by atoms with Gasteiger partial charge in [-0.25, -0.2) is 22.9 Å². The monoisotopic (exact) mass is 632 g/mol. The molecule has 1 aromatic heterocycles. The molecule has 2 aromatic rings. The second-order valence-corrected chi connectivity index (χ2v) is 11.9. The minimum atomic E-state index is -4.85. The Morgan fingerprint density at radius 3 is 2.16 bits per heavy atom. The van der Waals surface area contributed by atoms with Crippen LogP contribution in [0.25, 0.3) is 0 Å². The Labute approximate surface area is 249 Å². The van der Waals surface area contributed by atoms with E-state index in [0.29, 0.717) is 38.3 Å². The van der Waals surface area contributed by atoms with Crippen molar-refractivity contribution in [3.8, 4) is 0 Å². The minimum Gasteiger partial charge on any atom is -0.444 e. The number of amides is 3. The van der Waals surface area contributed by atoms with Gasteiger partial charge in [-0.05, 0) is 45.9 Å². The van der Waals surface area contributed by atoms with Crippen LogP contribution in [0.4, 0.5) is 31.1 Å². The lowest BCUT2D eigenvalue weighted by molar-refractivity contribution is -0.148. The summed E-state index contributed by atoms with van der Waals surface area (Å²) >= 11 is 0. The average Bonchev–Trinajstić information content (AvgIpc) is 3.30. The predicted molar refractivity (Wildman–Crippen MR) is 144 cm³/mol. The van der Waals surface area contributed by atoms with Crippen LogP contribution in [0.3, 0.4) is 0 Å². The van der Waals surface area contributed by atoms with Gasteiger partial charge in [0.2, 0.25) is 11.7 Å². The summed E-state index contributed by atoms with van der Waals surface area (Å²) in [6.45, 7) is 5.57. The number of likely N-dealkylation sites (N-methyl/N-ethyl adjacent to an activating group) is 1. The van der Waals surface area contributed by atoms with Gasteiger partial charge in [-0.3, -0.25) is 9.59 Å². The number of halogens is 6. The maximum atomic E-state index is 14.5. The van der Waals surface area contributed by atoms with E-state index in [0.717, 1.165) is 4.57 Å². The number of alkyl halides is 3. The molecule has 0 saturated carbocycles. The van der Waals surface area contributed by atoms with Gasteiger partial charge >= 0.3 is 12.3 Å². The van der Waals surface area contributed by atoms with Gasteiger partial charge in [0.25, 0.3) is 5.91 Å². The lowest BCUT2D eigenvalue weighted by Crippen LogP contribution is -2.48. The standard InChI is InChI=1S/C28H34F6N6O4/c1-27(2,3)44-26(43)35-17(11-16-12-19(30)20(31)14-18(16)29)13-22(41)39-9-10-40-21(15-39)23(36-25(40)28(32,33)34)24(42)38-7-5-37(4)6-8-38/h12,14,17H,5-11,13,15H2,1-4H3,(H,35,43).